The second kappa shape index (κ2) is 3.85. The molecule has 68 valence electrons. The molecule has 0 aromatic carbocycles. The van der Waals surface area contributed by atoms with Gasteiger partial charge in [0, 0.05) is 19.7 Å². The third kappa shape index (κ3) is 2.41. The molecule has 0 aliphatic rings. The van der Waals surface area contributed by atoms with Crippen molar-refractivity contribution in [1.29, 1.82) is 5.26 Å². The fraction of sp³-hybridized carbons (Fsp3) is 0.444. The van der Waals surface area contributed by atoms with E-state index in [1.54, 1.807) is 24.9 Å². The van der Waals surface area contributed by atoms with E-state index in [1.165, 1.54) is 6.20 Å². The molecular weight excluding hydrogens is 166 g/mol. The van der Waals surface area contributed by atoms with E-state index in [-0.39, 0.29) is 18.1 Å². The summed E-state index contributed by atoms with van der Waals surface area (Å²) in [6.45, 7) is 1.73. The number of hydrogen-bond acceptors (Lipinski definition) is 3. The lowest BCUT2D eigenvalue weighted by Crippen LogP contribution is -2.03. The monoisotopic (exact) mass is 177 g/mol. The number of rotatable bonds is 3. The van der Waals surface area contributed by atoms with Gasteiger partial charge in [0.2, 0.25) is 0 Å². The molecule has 0 N–H and O–H groups in total. The van der Waals surface area contributed by atoms with Gasteiger partial charge < -0.3 is 0 Å². The van der Waals surface area contributed by atoms with Gasteiger partial charge in [0.15, 0.2) is 5.78 Å². The standard InChI is InChI=1S/C9H11N3O/c1-7(4-10)3-9(13)8-5-11-12(2)6-8/h5-7H,3H2,1-2H3. The van der Waals surface area contributed by atoms with E-state index in [0.717, 1.165) is 0 Å². The normalized spacial score (nSPS) is 12.1. The van der Waals surface area contributed by atoms with Crippen molar-refractivity contribution < 1.29 is 4.79 Å². The summed E-state index contributed by atoms with van der Waals surface area (Å²) in [6.07, 6.45) is 3.45. The number of hydrogen-bond donors (Lipinski definition) is 0. The van der Waals surface area contributed by atoms with E-state index in [1.807, 2.05) is 6.07 Å². The van der Waals surface area contributed by atoms with Gasteiger partial charge >= 0.3 is 0 Å². The zero-order valence-electron chi connectivity index (χ0n) is 7.69. The first-order valence-corrected chi connectivity index (χ1v) is 4.05. The summed E-state index contributed by atoms with van der Waals surface area (Å²) in [4.78, 5) is 11.4. The molecular formula is C9H11N3O. The Morgan fingerprint density at radius 2 is 2.54 bits per heavy atom. The molecule has 1 atom stereocenters. The van der Waals surface area contributed by atoms with Crippen molar-refractivity contribution >= 4 is 5.78 Å². The molecule has 1 heterocycles. The average Bonchev–Trinajstić information content (AvgIpc) is 2.51. The predicted molar refractivity (Wildman–Crippen MR) is 46.9 cm³/mol. The van der Waals surface area contributed by atoms with Crippen LogP contribution in [0.15, 0.2) is 12.4 Å². The summed E-state index contributed by atoms with van der Waals surface area (Å²) in [7, 11) is 1.75. The van der Waals surface area contributed by atoms with Crippen LogP contribution in [0.2, 0.25) is 0 Å². The highest BCUT2D eigenvalue weighted by molar-refractivity contribution is 5.95. The Hall–Kier alpha value is -1.63. The van der Waals surface area contributed by atoms with Crippen molar-refractivity contribution in [2.75, 3.05) is 0 Å². The van der Waals surface area contributed by atoms with Crippen LogP contribution in [0.1, 0.15) is 23.7 Å². The molecule has 0 fully saturated rings. The number of aryl methyl sites for hydroxylation is 1. The van der Waals surface area contributed by atoms with Crippen LogP contribution < -0.4 is 0 Å². The minimum absolute atomic E-state index is 0.0258. The van der Waals surface area contributed by atoms with Crippen LogP contribution in [0.5, 0.6) is 0 Å². The Morgan fingerprint density at radius 1 is 1.85 bits per heavy atom. The third-order valence-corrected chi connectivity index (χ3v) is 1.74. The number of carbonyl (C=O) groups excluding carboxylic acids is 1. The first kappa shape index (κ1) is 9.46. The SMILES string of the molecule is CC(C#N)CC(=O)c1cnn(C)c1. The first-order valence-electron chi connectivity index (χ1n) is 4.05. The van der Waals surface area contributed by atoms with Crippen LogP contribution >= 0.6 is 0 Å². The van der Waals surface area contributed by atoms with Gasteiger partial charge in [-0.15, -0.1) is 0 Å². The van der Waals surface area contributed by atoms with Crippen molar-refractivity contribution in [3.8, 4) is 6.07 Å². The fourth-order valence-corrected chi connectivity index (χ4v) is 1.01. The lowest BCUT2D eigenvalue weighted by atomic mass is 10.0. The minimum Gasteiger partial charge on any atom is -0.294 e. The smallest absolute Gasteiger partial charge is 0.167 e. The molecule has 0 amide bonds. The minimum atomic E-state index is -0.229. The third-order valence-electron chi connectivity index (χ3n) is 1.74. The summed E-state index contributed by atoms with van der Waals surface area (Å²) in [6, 6.07) is 2.02. The van der Waals surface area contributed by atoms with Crippen molar-refractivity contribution in [1.82, 2.24) is 9.78 Å². The molecule has 0 bridgehead atoms. The average molecular weight is 177 g/mol. The maximum atomic E-state index is 11.4. The summed E-state index contributed by atoms with van der Waals surface area (Å²) >= 11 is 0. The van der Waals surface area contributed by atoms with E-state index in [4.69, 9.17) is 5.26 Å². The van der Waals surface area contributed by atoms with Gasteiger partial charge in [-0.25, -0.2) is 0 Å². The lowest BCUT2D eigenvalue weighted by Gasteiger charge is -1.97. The molecule has 0 saturated carbocycles. The number of aromatic nitrogens is 2. The Bertz CT molecular complexity index is 348. The van der Waals surface area contributed by atoms with Crippen LogP contribution in [-0.4, -0.2) is 15.6 Å². The maximum Gasteiger partial charge on any atom is 0.167 e. The van der Waals surface area contributed by atoms with Gasteiger partial charge in [0.05, 0.1) is 23.7 Å². The zero-order chi connectivity index (χ0) is 9.84. The molecule has 13 heavy (non-hydrogen) atoms. The van der Waals surface area contributed by atoms with Crippen molar-refractivity contribution in [2.45, 2.75) is 13.3 Å². The maximum absolute atomic E-state index is 11.4. The van der Waals surface area contributed by atoms with E-state index >= 15 is 0 Å². The number of carbonyl (C=O) groups is 1. The summed E-state index contributed by atoms with van der Waals surface area (Å²) in [5.74, 6) is -0.255. The first-order chi connectivity index (χ1) is 6.13. The quantitative estimate of drug-likeness (QED) is 0.651. The summed E-state index contributed by atoms with van der Waals surface area (Å²) in [5.41, 5.74) is 0.574. The molecule has 0 radical (unpaired) electrons. The number of Topliss-reactive ketones (excluding diaryl/α,β-unsaturated/α-hetero) is 1. The summed E-state index contributed by atoms with van der Waals surface area (Å²) in [5, 5.41) is 12.4. The van der Waals surface area contributed by atoms with Crippen molar-refractivity contribution in [3.05, 3.63) is 18.0 Å². The Balaban J connectivity index is 2.65. The van der Waals surface area contributed by atoms with E-state index in [9.17, 15) is 4.79 Å². The van der Waals surface area contributed by atoms with Gasteiger partial charge in [-0.3, -0.25) is 9.48 Å². The largest absolute Gasteiger partial charge is 0.294 e. The molecule has 1 rings (SSSR count). The lowest BCUT2D eigenvalue weighted by molar-refractivity contribution is 0.0972. The van der Waals surface area contributed by atoms with Crippen LogP contribution in [0.25, 0.3) is 0 Å². The Morgan fingerprint density at radius 3 is 3.00 bits per heavy atom. The topological polar surface area (TPSA) is 58.7 Å². The Labute approximate surface area is 76.8 Å². The van der Waals surface area contributed by atoms with E-state index in [2.05, 4.69) is 5.10 Å². The number of ketones is 1. The van der Waals surface area contributed by atoms with Gasteiger partial charge in [-0.1, -0.05) is 0 Å². The fourth-order valence-electron chi connectivity index (χ4n) is 1.01. The van der Waals surface area contributed by atoms with E-state index < -0.39 is 0 Å². The molecule has 1 aromatic rings. The zero-order valence-corrected chi connectivity index (χ0v) is 7.69. The Kier molecular flexibility index (Phi) is 2.80. The molecule has 0 aliphatic carbocycles. The van der Waals surface area contributed by atoms with Gasteiger partial charge in [0.1, 0.15) is 0 Å². The highest BCUT2D eigenvalue weighted by atomic mass is 16.1. The predicted octanol–water partition coefficient (Wildman–Crippen LogP) is 1.15. The van der Waals surface area contributed by atoms with Gasteiger partial charge in [0.25, 0.3) is 0 Å². The van der Waals surface area contributed by atoms with Crippen molar-refractivity contribution in [3.63, 3.8) is 0 Å². The van der Waals surface area contributed by atoms with Crippen LogP contribution in [0.3, 0.4) is 0 Å². The van der Waals surface area contributed by atoms with Crippen LogP contribution in [-0.2, 0) is 7.05 Å². The molecule has 0 spiro atoms. The molecule has 4 heteroatoms. The highest BCUT2D eigenvalue weighted by Gasteiger charge is 2.11. The second-order valence-corrected chi connectivity index (χ2v) is 3.06. The van der Waals surface area contributed by atoms with Gasteiger partial charge in [-0.05, 0) is 6.92 Å². The molecule has 1 aromatic heterocycles. The van der Waals surface area contributed by atoms with Crippen LogP contribution in [0.4, 0.5) is 0 Å². The van der Waals surface area contributed by atoms with E-state index in [0.29, 0.717) is 5.56 Å². The summed E-state index contributed by atoms with van der Waals surface area (Å²) < 4.78 is 1.57. The highest BCUT2D eigenvalue weighted by Crippen LogP contribution is 2.07. The second-order valence-electron chi connectivity index (χ2n) is 3.06. The van der Waals surface area contributed by atoms with Crippen LogP contribution in [0, 0.1) is 17.2 Å². The van der Waals surface area contributed by atoms with Crippen molar-refractivity contribution in [2.24, 2.45) is 13.0 Å². The molecule has 4 nitrogen and oxygen atoms in total. The number of nitrogens with zero attached hydrogens (tertiary/aromatic N) is 3. The molecule has 1 unspecified atom stereocenters. The molecule has 0 saturated heterocycles. The molecule has 0 aliphatic heterocycles. The number of nitriles is 1. The van der Waals surface area contributed by atoms with Gasteiger partial charge in [-0.2, -0.15) is 10.4 Å².